The predicted molar refractivity (Wildman–Crippen MR) is 77.2 cm³/mol. The molecule has 0 unspecified atom stereocenters. The van der Waals surface area contributed by atoms with Gasteiger partial charge >= 0.3 is 11.7 Å². The van der Waals surface area contributed by atoms with Crippen molar-refractivity contribution in [2.75, 3.05) is 5.73 Å². The fourth-order valence-corrected chi connectivity index (χ4v) is 2.11. The van der Waals surface area contributed by atoms with E-state index < -0.39 is 17.2 Å². The minimum absolute atomic E-state index is 0.0139. The van der Waals surface area contributed by atoms with Gasteiger partial charge in [0.2, 0.25) is 0 Å². The van der Waals surface area contributed by atoms with Gasteiger partial charge in [0.1, 0.15) is 5.69 Å². The van der Waals surface area contributed by atoms with Crippen LogP contribution in [0.5, 0.6) is 0 Å². The van der Waals surface area contributed by atoms with E-state index in [9.17, 15) is 14.4 Å². The van der Waals surface area contributed by atoms with Crippen LogP contribution in [0, 0.1) is 0 Å². The van der Waals surface area contributed by atoms with E-state index in [2.05, 4.69) is 0 Å². The first-order valence-corrected chi connectivity index (χ1v) is 6.24. The molecule has 3 N–H and O–H groups in total. The second kappa shape index (κ2) is 5.66. The minimum Gasteiger partial charge on any atom is -0.481 e. The number of nitrogens with zero attached hydrogens (tertiary/aromatic N) is 2. The molecule has 1 aromatic heterocycles. The lowest BCUT2D eigenvalue weighted by atomic mass is 10.0. The summed E-state index contributed by atoms with van der Waals surface area (Å²) in [5.74, 6) is -0.977. The maximum absolute atomic E-state index is 12.0. The number of aryl methyl sites for hydroxylation is 1. The molecular weight excluding hydrogens is 274 g/mol. The van der Waals surface area contributed by atoms with Crippen LogP contribution in [0.2, 0.25) is 0 Å². The topological polar surface area (TPSA) is 107 Å². The minimum atomic E-state index is -0.977. The number of aliphatic carboxylic acids is 1. The van der Waals surface area contributed by atoms with Crippen LogP contribution in [0.4, 0.5) is 5.69 Å². The SMILES string of the molecule is Cn1cc(N)c(=O)n(Cc2ccccc2CC(=O)O)c1=O. The number of aromatic nitrogens is 2. The first-order chi connectivity index (χ1) is 9.90. The van der Waals surface area contributed by atoms with E-state index >= 15 is 0 Å². The molecule has 0 atom stereocenters. The Morgan fingerprint density at radius 2 is 1.86 bits per heavy atom. The average Bonchev–Trinajstić information content (AvgIpc) is 2.42. The Morgan fingerprint density at radius 1 is 1.24 bits per heavy atom. The van der Waals surface area contributed by atoms with Crippen LogP contribution in [-0.4, -0.2) is 20.2 Å². The lowest BCUT2D eigenvalue weighted by Gasteiger charge is -2.11. The van der Waals surface area contributed by atoms with Crippen LogP contribution in [0.25, 0.3) is 0 Å². The highest BCUT2D eigenvalue weighted by atomic mass is 16.4. The third-order valence-electron chi connectivity index (χ3n) is 3.15. The Balaban J connectivity index is 2.51. The van der Waals surface area contributed by atoms with Crippen LogP contribution in [0.15, 0.2) is 40.1 Å². The van der Waals surface area contributed by atoms with Crippen molar-refractivity contribution < 1.29 is 9.90 Å². The second-order valence-corrected chi connectivity index (χ2v) is 4.71. The van der Waals surface area contributed by atoms with E-state index in [4.69, 9.17) is 10.8 Å². The van der Waals surface area contributed by atoms with Crippen LogP contribution in [0.1, 0.15) is 11.1 Å². The third kappa shape index (κ3) is 3.02. The van der Waals surface area contributed by atoms with Crippen molar-refractivity contribution in [3.8, 4) is 0 Å². The number of carbonyl (C=O) groups is 1. The number of anilines is 1. The predicted octanol–water partition coefficient (Wildman–Crippen LogP) is -0.195. The van der Waals surface area contributed by atoms with Gasteiger partial charge < -0.3 is 15.4 Å². The maximum Gasteiger partial charge on any atom is 0.331 e. The summed E-state index contributed by atoms with van der Waals surface area (Å²) in [6.45, 7) is -0.0139. The number of rotatable bonds is 4. The van der Waals surface area contributed by atoms with Gasteiger partial charge in [0.05, 0.1) is 13.0 Å². The van der Waals surface area contributed by atoms with E-state index in [-0.39, 0.29) is 18.7 Å². The Kier molecular flexibility index (Phi) is 3.93. The van der Waals surface area contributed by atoms with Gasteiger partial charge in [0, 0.05) is 13.2 Å². The number of benzene rings is 1. The molecule has 21 heavy (non-hydrogen) atoms. The number of hydrogen-bond donors (Lipinski definition) is 2. The molecule has 2 aromatic rings. The van der Waals surface area contributed by atoms with Gasteiger partial charge in [-0.1, -0.05) is 24.3 Å². The summed E-state index contributed by atoms with van der Waals surface area (Å²) in [6.07, 6.45) is 1.10. The molecule has 0 aliphatic rings. The molecule has 0 aliphatic heterocycles. The van der Waals surface area contributed by atoms with Crippen molar-refractivity contribution >= 4 is 11.7 Å². The zero-order valence-electron chi connectivity index (χ0n) is 11.4. The number of nitrogen functional groups attached to an aromatic ring is 1. The lowest BCUT2D eigenvalue weighted by Crippen LogP contribution is -2.40. The summed E-state index contributed by atoms with van der Waals surface area (Å²) in [4.78, 5) is 34.9. The molecule has 7 nitrogen and oxygen atoms in total. The molecule has 0 bridgehead atoms. The van der Waals surface area contributed by atoms with Crippen molar-refractivity contribution in [3.05, 3.63) is 62.4 Å². The van der Waals surface area contributed by atoms with E-state index in [1.165, 1.54) is 17.8 Å². The number of carboxylic acids is 1. The molecule has 0 fully saturated rings. The summed E-state index contributed by atoms with van der Waals surface area (Å²) in [7, 11) is 1.50. The Labute approximate surface area is 119 Å². The van der Waals surface area contributed by atoms with Gasteiger partial charge in [-0.15, -0.1) is 0 Å². The molecule has 0 spiro atoms. The molecule has 2 rings (SSSR count). The maximum atomic E-state index is 12.0. The molecular formula is C14H15N3O4. The van der Waals surface area contributed by atoms with Gasteiger partial charge in [-0.25, -0.2) is 4.79 Å². The highest BCUT2D eigenvalue weighted by molar-refractivity contribution is 5.70. The summed E-state index contributed by atoms with van der Waals surface area (Å²) < 4.78 is 2.21. The quantitative estimate of drug-likeness (QED) is 0.810. The number of nitrogens with two attached hydrogens (primary N) is 1. The molecule has 0 amide bonds. The van der Waals surface area contributed by atoms with Crippen LogP contribution >= 0.6 is 0 Å². The van der Waals surface area contributed by atoms with Crippen molar-refractivity contribution in [2.24, 2.45) is 7.05 Å². The molecule has 7 heteroatoms. The van der Waals surface area contributed by atoms with Gasteiger partial charge in [0.15, 0.2) is 0 Å². The van der Waals surface area contributed by atoms with Crippen LogP contribution in [0.3, 0.4) is 0 Å². The second-order valence-electron chi connectivity index (χ2n) is 4.71. The van der Waals surface area contributed by atoms with Gasteiger partial charge in [-0.05, 0) is 11.1 Å². The van der Waals surface area contributed by atoms with Gasteiger partial charge in [-0.3, -0.25) is 14.2 Å². The lowest BCUT2D eigenvalue weighted by molar-refractivity contribution is -0.136. The van der Waals surface area contributed by atoms with Gasteiger partial charge in [-0.2, -0.15) is 0 Å². The summed E-state index contributed by atoms with van der Waals surface area (Å²) in [6, 6.07) is 6.78. The van der Waals surface area contributed by atoms with Crippen molar-refractivity contribution in [1.29, 1.82) is 0 Å². The number of hydrogen-bond acceptors (Lipinski definition) is 4. The van der Waals surface area contributed by atoms with Crippen molar-refractivity contribution in [1.82, 2.24) is 9.13 Å². The summed E-state index contributed by atoms with van der Waals surface area (Å²) >= 11 is 0. The zero-order chi connectivity index (χ0) is 15.6. The molecule has 110 valence electrons. The van der Waals surface area contributed by atoms with Crippen LogP contribution < -0.4 is 17.0 Å². The summed E-state index contributed by atoms with van der Waals surface area (Å²) in [5, 5.41) is 8.90. The Bertz CT molecular complexity index is 770. The molecule has 1 aromatic carbocycles. The largest absolute Gasteiger partial charge is 0.481 e. The highest BCUT2D eigenvalue weighted by Crippen LogP contribution is 2.10. The Hall–Kier alpha value is -2.83. The monoisotopic (exact) mass is 289 g/mol. The molecule has 1 heterocycles. The first-order valence-electron chi connectivity index (χ1n) is 6.24. The third-order valence-corrected chi connectivity index (χ3v) is 3.15. The molecule has 0 saturated carbocycles. The highest BCUT2D eigenvalue weighted by Gasteiger charge is 2.11. The van der Waals surface area contributed by atoms with Gasteiger partial charge in [0.25, 0.3) is 5.56 Å². The standard InChI is InChI=1S/C14H15N3O4/c1-16-8-11(15)13(20)17(14(16)21)7-10-5-3-2-4-9(10)6-12(18)19/h2-5,8H,6-7,15H2,1H3,(H,18,19). The van der Waals surface area contributed by atoms with E-state index in [0.29, 0.717) is 11.1 Å². The fourth-order valence-electron chi connectivity index (χ4n) is 2.11. The smallest absolute Gasteiger partial charge is 0.331 e. The van der Waals surface area contributed by atoms with E-state index in [1.54, 1.807) is 24.3 Å². The fraction of sp³-hybridized carbons (Fsp3) is 0.214. The molecule has 0 radical (unpaired) electrons. The zero-order valence-corrected chi connectivity index (χ0v) is 11.4. The molecule has 0 aliphatic carbocycles. The van der Waals surface area contributed by atoms with Crippen molar-refractivity contribution in [2.45, 2.75) is 13.0 Å². The molecule has 0 saturated heterocycles. The first kappa shape index (κ1) is 14.6. The summed E-state index contributed by atoms with van der Waals surface area (Å²) in [5.41, 5.74) is 5.62. The Morgan fingerprint density at radius 3 is 2.48 bits per heavy atom. The average molecular weight is 289 g/mol. The normalized spacial score (nSPS) is 10.5. The van der Waals surface area contributed by atoms with E-state index in [0.717, 1.165) is 4.57 Å². The van der Waals surface area contributed by atoms with Crippen LogP contribution in [-0.2, 0) is 24.8 Å². The van der Waals surface area contributed by atoms with Crippen molar-refractivity contribution in [3.63, 3.8) is 0 Å². The van der Waals surface area contributed by atoms with E-state index in [1.807, 2.05) is 0 Å². The number of carboxylic acid groups (broad SMARTS) is 1.